The zero-order chi connectivity index (χ0) is 10.8. The number of rotatable bonds is 2. The molecule has 80 valence electrons. The van der Waals surface area contributed by atoms with Crippen molar-refractivity contribution in [1.82, 2.24) is 0 Å². The van der Waals surface area contributed by atoms with Gasteiger partial charge in [-0.1, -0.05) is 32.0 Å². The summed E-state index contributed by atoms with van der Waals surface area (Å²) >= 11 is 0. The zero-order valence-electron chi connectivity index (χ0n) is 8.90. The maximum atomic E-state index is 13.4. The third-order valence-corrected chi connectivity index (χ3v) is 2.43. The number of ether oxygens (including phenoxy) is 1. The van der Waals surface area contributed by atoms with E-state index < -0.39 is 0 Å². The Bertz CT molecular complexity index is 387. The Hall–Kier alpha value is -1.38. The average molecular weight is 207 g/mol. The number of hydrogen-bond donors (Lipinski definition) is 0. The first-order chi connectivity index (χ1) is 7.18. The van der Waals surface area contributed by atoms with E-state index in [1.165, 1.54) is 6.07 Å². The van der Waals surface area contributed by atoms with Gasteiger partial charge in [-0.3, -0.25) is 0 Å². The molecule has 2 rings (SSSR count). The molecule has 3 heteroatoms. The maximum absolute atomic E-state index is 13.4. The van der Waals surface area contributed by atoms with Gasteiger partial charge < -0.3 is 4.74 Å². The van der Waals surface area contributed by atoms with E-state index in [9.17, 15) is 4.39 Å². The third kappa shape index (κ3) is 2.01. The molecule has 1 aliphatic heterocycles. The van der Waals surface area contributed by atoms with Crippen molar-refractivity contribution in [3.63, 3.8) is 0 Å². The average Bonchev–Trinajstić information content (AvgIpc) is 2.67. The van der Waals surface area contributed by atoms with Crippen LogP contribution in [0.4, 0.5) is 4.39 Å². The van der Waals surface area contributed by atoms with Gasteiger partial charge >= 0.3 is 0 Å². The molecule has 1 aromatic carbocycles. The van der Waals surface area contributed by atoms with Crippen LogP contribution < -0.4 is 0 Å². The molecule has 0 saturated heterocycles. The van der Waals surface area contributed by atoms with E-state index in [0.29, 0.717) is 12.2 Å². The van der Waals surface area contributed by atoms with Crippen LogP contribution in [-0.4, -0.2) is 12.5 Å². The Kier molecular flexibility index (Phi) is 2.71. The summed E-state index contributed by atoms with van der Waals surface area (Å²) in [5.74, 6) is 0.782. The summed E-state index contributed by atoms with van der Waals surface area (Å²) in [6.07, 6.45) is 0. The molecular weight excluding hydrogens is 193 g/mol. The summed E-state index contributed by atoms with van der Waals surface area (Å²) in [5.41, 5.74) is 0.619. The quantitative estimate of drug-likeness (QED) is 0.730. The maximum Gasteiger partial charge on any atom is 0.186 e. The highest BCUT2D eigenvalue weighted by molar-refractivity contribution is 5.79. The smallest absolute Gasteiger partial charge is 0.186 e. The lowest BCUT2D eigenvalue weighted by Crippen LogP contribution is -2.06. The molecule has 0 aromatic heterocycles. The second-order valence-corrected chi connectivity index (χ2v) is 3.97. The van der Waals surface area contributed by atoms with Crippen molar-refractivity contribution in [3.05, 3.63) is 35.6 Å². The molecule has 1 aromatic rings. The Morgan fingerprint density at radius 1 is 1.40 bits per heavy atom. The van der Waals surface area contributed by atoms with Crippen LogP contribution in [-0.2, 0) is 4.74 Å². The summed E-state index contributed by atoms with van der Waals surface area (Å²) < 4.78 is 18.9. The SMILES string of the molecule is CC(C)C1=NC(c2ccccc2F)CO1. The van der Waals surface area contributed by atoms with Crippen LogP contribution in [0.15, 0.2) is 29.3 Å². The summed E-state index contributed by atoms with van der Waals surface area (Å²) in [6, 6.07) is 6.54. The number of nitrogens with zero attached hydrogens (tertiary/aromatic N) is 1. The van der Waals surface area contributed by atoms with Gasteiger partial charge in [0.15, 0.2) is 5.90 Å². The number of benzene rings is 1. The predicted molar refractivity (Wildman–Crippen MR) is 57.4 cm³/mol. The van der Waals surface area contributed by atoms with E-state index in [0.717, 1.165) is 5.90 Å². The monoisotopic (exact) mass is 207 g/mol. The molecule has 0 amide bonds. The van der Waals surface area contributed by atoms with Gasteiger partial charge in [0.2, 0.25) is 0 Å². The number of aliphatic imine (C=N–C) groups is 1. The van der Waals surface area contributed by atoms with Crippen LogP contribution in [0.25, 0.3) is 0 Å². The highest BCUT2D eigenvalue weighted by Crippen LogP contribution is 2.26. The summed E-state index contributed by atoms with van der Waals surface area (Å²) in [6.45, 7) is 4.49. The molecule has 0 N–H and O–H groups in total. The number of halogens is 1. The van der Waals surface area contributed by atoms with Crippen LogP contribution in [0, 0.1) is 11.7 Å². The Morgan fingerprint density at radius 2 is 2.13 bits per heavy atom. The second-order valence-electron chi connectivity index (χ2n) is 3.97. The molecule has 1 unspecified atom stereocenters. The molecule has 0 fully saturated rings. The lowest BCUT2D eigenvalue weighted by Gasteiger charge is -2.05. The van der Waals surface area contributed by atoms with E-state index in [2.05, 4.69) is 4.99 Å². The molecular formula is C12H14FNO. The predicted octanol–water partition coefficient (Wildman–Crippen LogP) is 2.95. The minimum atomic E-state index is -0.208. The summed E-state index contributed by atoms with van der Waals surface area (Å²) in [4.78, 5) is 4.37. The van der Waals surface area contributed by atoms with Crippen LogP contribution in [0.5, 0.6) is 0 Å². The normalized spacial score (nSPS) is 20.3. The van der Waals surface area contributed by atoms with Crippen molar-refractivity contribution < 1.29 is 9.13 Å². The Labute approximate surface area is 88.8 Å². The van der Waals surface area contributed by atoms with Crippen molar-refractivity contribution in [1.29, 1.82) is 0 Å². The van der Waals surface area contributed by atoms with Crippen LogP contribution in [0.1, 0.15) is 25.5 Å². The molecule has 2 nitrogen and oxygen atoms in total. The van der Waals surface area contributed by atoms with E-state index in [1.807, 2.05) is 19.9 Å². The zero-order valence-corrected chi connectivity index (χ0v) is 8.90. The van der Waals surface area contributed by atoms with Gasteiger partial charge in [0.05, 0.1) is 0 Å². The largest absolute Gasteiger partial charge is 0.478 e. The molecule has 0 saturated carbocycles. The summed E-state index contributed by atoms with van der Waals surface area (Å²) in [7, 11) is 0. The minimum Gasteiger partial charge on any atom is -0.478 e. The van der Waals surface area contributed by atoms with Crippen molar-refractivity contribution in [2.24, 2.45) is 10.9 Å². The molecule has 0 spiro atoms. The van der Waals surface area contributed by atoms with Crippen LogP contribution in [0.3, 0.4) is 0 Å². The van der Waals surface area contributed by atoms with E-state index in [-0.39, 0.29) is 17.8 Å². The lowest BCUT2D eigenvalue weighted by molar-refractivity contribution is 0.301. The standard InChI is InChI=1S/C12H14FNO/c1-8(2)12-14-11(7-15-12)9-5-3-4-6-10(9)13/h3-6,8,11H,7H2,1-2H3. The van der Waals surface area contributed by atoms with Gasteiger partial charge in [0, 0.05) is 11.5 Å². The fourth-order valence-electron chi connectivity index (χ4n) is 1.61. The molecule has 0 aliphatic carbocycles. The first-order valence-corrected chi connectivity index (χ1v) is 5.13. The van der Waals surface area contributed by atoms with Gasteiger partial charge in [-0.25, -0.2) is 9.38 Å². The molecule has 0 bridgehead atoms. The van der Waals surface area contributed by atoms with Gasteiger partial charge in [-0.2, -0.15) is 0 Å². The first kappa shape index (κ1) is 10.1. The van der Waals surface area contributed by atoms with Crippen molar-refractivity contribution in [2.75, 3.05) is 6.61 Å². The fraction of sp³-hybridized carbons (Fsp3) is 0.417. The first-order valence-electron chi connectivity index (χ1n) is 5.13. The highest BCUT2D eigenvalue weighted by Gasteiger charge is 2.24. The van der Waals surface area contributed by atoms with Crippen molar-refractivity contribution in [2.45, 2.75) is 19.9 Å². The molecule has 0 radical (unpaired) electrons. The fourth-order valence-corrected chi connectivity index (χ4v) is 1.61. The molecule has 1 aliphatic rings. The van der Waals surface area contributed by atoms with Crippen molar-refractivity contribution in [3.8, 4) is 0 Å². The third-order valence-electron chi connectivity index (χ3n) is 2.43. The van der Waals surface area contributed by atoms with Gasteiger partial charge in [0.25, 0.3) is 0 Å². The van der Waals surface area contributed by atoms with Gasteiger partial charge in [-0.05, 0) is 6.07 Å². The second kappa shape index (κ2) is 4.01. The highest BCUT2D eigenvalue weighted by atomic mass is 19.1. The van der Waals surface area contributed by atoms with E-state index >= 15 is 0 Å². The van der Waals surface area contributed by atoms with E-state index in [4.69, 9.17) is 4.74 Å². The van der Waals surface area contributed by atoms with Gasteiger partial charge in [0.1, 0.15) is 18.5 Å². The molecule has 1 heterocycles. The van der Waals surface area contributed by atoms with Gasteiger partial charge in [-0.15, -0.1) is 0 Å². The lowest BCUT2D eigenvalue weighted by atomic mass is 10.1. The number of hydrogen-bond acceptors (Lipinski definition) is 2. The van der Waals surface area contributed by atoms with E-state index in [1.54, 1.807) is 12.1 Å². The Morgan fingerprint density at radius 3 is 2.73 bits per heavy atom. The van der Waals surface area contributed by atoms with Crippen molar-refractivity contribution >= 4 is 5.90 Å². The topological polar surface area (TPSA) is 21.6 Å². The Balaban J connectivity index is 2.24. The minimum absolute atomic E-state index is 0.177. The molecule has 1 atom stereocenters. The van der Waals surface area contributed by atoms with Crippen LogP contribution in [0.2, 0.25) is 0 Å². The molecule has 15 heavy (non-hydrogen) atoms. The summed E-state index contributed by atoms with van der Waals surface area (Å²) in [5, 5.41) is 0. The van der Waals surface area contributed by atoms with Crippen LogP contribution >= 0.6 is 0 Å².